The first-order chi connectivity index (χ1) is 10.9. The van der Waals surface area contributed by atoms with Crippen LogP contribution >= 0.6 is 0 Å². The number of ether oxygens (including phenoxy) is 1. The van der Waals surface area contributed by atoms with Crippen molar-refractivity contribution in [2.24, 2.45) is 0 Å². The topological polar surface area (TPSA) is 38.3 Å². The highest BCUT2D eigenvalue weighted by atomic mass is 19.4. The lowest BCUT2D eigenvalue weighted by molar-refractivity contribution is -0.137. The lowest BCUT2D eigenvalue weighted by atomic mass is 10.0. The summed E-state index contributed by atoms with van der Waals surface area (Å²) in [6.07, 6.45) is -3.78. The number of carbonyl (C=O) groups excluding carboxylic acids is 1. The fourth-order valence-electron chi connectivity index (χ4n) is 2.47. The summed E-state index contributed by atoms with van der Waals surface area (Å²) in [6.45, 7) is 0. The summed E-state index contributed by atoms with van der Waals surface area (Å²) in [4.78, 5) is 12.2. The first-order valence-electron chi connectivity index (χ1n) is 7.16. The molecule has 1 aliphatic heterocycles. The summed E-state index contributed by atoms with van der Waals surface area (Å²) >= 11 is 0. The first-order valence-corrected chi connectivity index (χ1v) is 7.16. The molecule has 3 nitrogen and oxygen atoms in total. The first kappa shape index (κ1) is 15.4. The highest BCUT2D eigenvalue weighted by Gasteiger charge is 2.30. The lowest BCUT2D eigenvalue weighted by Crippen LogP contribution is -2.35. The minimum atomic E-state index is -4.39. The number of carbonyl (C=O) groups is 1. The normalized spacial score (nSPS) is 17.1. The van der Waals surface area contributed by atoms with E-state index >= 15 is 0 Å². The molecule has 0 saturated carbocycles. The molecule has 0 fully saturated rings. The number of amides is 1. The van der Waals surface area contributed by atoms with Gasteiger partial charge in [-0.1, -0.05) is 18.2 Å². The van der Waals surface area contributed by atoms with Crippen molar-refractivity contribution in [1.82, 2.24) is 0 Å². The van der Waals surface area contributed by atoms with Crippen LogP contribution in [0.4, 0.5) is 18.9 Å². The Balaban J connectivity index is 1.66. The molecule has 0 radical (unpaired) electrons. The Bertz CT molecular complexity index is 711. The second-order valence-electron chi connectivity index (χ2n) is 5.32. The molecule has 1 N–H and O–H groups in total. The minimum absolute atomic E-state index is 0.311. The van der Waals surface area contributed by atoms with E-state index in [1.165, 1.54) is 12.1 Å². The van der Waals surface area contributed by atoms with Gasteiger partial charge in [-0.15, -0.1) is 0 Å². The zero-order chi connectivity index (χ0) is 16.4. The molecule has 0 spiro atoms. The number of alkyl halides is 3. The van der Waals surface area contributed by atoms with Crippen molar-refractivity contribution in [3.8, 4) is 5.75 Å². The van der Waals surface area contributed by atoms with Crippen molar-refractivity contribution in [3.05, 3.63) is 59.7 Å². The minimum Gasteiger partial charge on any atom is -0.480 e. The molecule has 1 atom stereocenters. The second kappa shape index (κ2) is 5.95. The monoisotopic (exact) mass is 321 g/mol. The third-order valence-corrected chi connectivity index (χ3v) is 3.69. The molecule has 1 aliphatic rings. The molecule has 120 valence electrons. The van der Waals surface area contributed by atoms with Crippen LogP contribution in [0.5, 0.6) is 5.75 Å². The molecule has 0 aromatic heterocycles. The number of para-hydroxylation sites is 1. The number of fused-ring (bicyclic) bond motifs is 1. The van der Waals surface area contributed by atoms with Crippen LogP contribution in [0.2, 0.25) is 0 Å². The predicted octanol–water partition coefficient (Wildman–Crippen LogP) is 4.04. The number of hydrogen-bond acceptors (Lipinski definition) is 2. The third-order valence-electron chi connectivity index (χ3n) is 3.69. The fourth-order valence-corrected chi connectivity index (χ4v) is 2.47. The van der Waals surface area contributed by atoms with Crippen LogP contribution in [0.15, 0.2) is 48.5 Å². The van der Waals surface area contributed by atoms with Crippen LogP contribution in [0.3, 0.4) is 0 Å². The van der Waals surface area contributed by atoms with E-state index < -0.39 is 17.8 Å². The number of rotatable bonds is 2. The molecular formula is C17H14F3NO2. The smallest absolute Gasteiger partial charge is 0.416 e. The Hall–Kier alpha value is -2.50. The van der Waals surface area contributed by atoms with Gasteiger partial charge in [0.15, 0.2) is 6.10 Å². The molecule has 1 amide bonds. The van der Waals surface area contributed by atoms with Crippen LogP contribution in [-0.4, -0.2) is 12.0 Å². The van der Waals surface area contributed by atoms with Gasteiger partial charge in [-0.2, -0.15) is 13.2 Å². The zero-order valence-corrected chi connectivity index (χ0v) is 12.1. The molecule has 0 saturated heterocycles. The molecule has 0 bridgehead atoms. The highest BCUT2D eigenvalue weighted by molar-refractivity contribution is 5.94. The maximum atomic E-state index is 12.5. The summed E-state index contributed by atoms with van der Waals surface area (Å²) in [7, 11) is 0. The van der Waals surface area contributed by atoms with E-state index in [4.69, 9.17) is 4.74 Å². The highest BCUT2D eigenvalue weighted by Crippen LogP contribution is 2.30. The van der Waals surface area contributed by atoms with Crippen LogP contribution in [0.25, 0.3) is 0 Å². The average Bonchev–Trinajstić information content (AvgIpc) is 2.54. The molecule has 1 unspecified atom stereocenters. The van der Waals surface area contributed by atoms with Gasteiger partial charge in [0.1, 0.15) is 5.75 Å². The molecular weight excluding hydrogens is 307 g/mol. The summed E-state index contributed by atoms with van der Waals surface area (Å²) in [5.41, 5.74) is 0.606. The number of hydrogen-bond donors (Lipinski definition) is 1. The molecule has 2 aromatic rings. The van der Waals surface area contributed by atoms with Crippen molar-refractivity contribution in [3.63, 3.8) is 0 Å². The number of halogens is 3. The van der Waals surface area contributed by atoms with Gasteiger partial charge < -0.3 is 10.1 Å². The predicted molar refractivity (Wildman–Crippen MR) is 79.3 cm³/mol. The van der Waals surface area contributed by atoms with E-state index in [0.717, 1.165) is 24.1 Å². The Labute approximate surface area is 131 Å². The quantitative estimate of drug-likeness (QED) is 0.906. The second-order valence-corrected chi connectivity index (χ2v) is 5.32. The summed E-state index contributed by atoms with van der Waals surface area (Å²) in [5, 5.41) is 2.59. The molecule has 6 heteroatoms. The maximum Gasteiger partial charge on any atom is 0.416 e. The van der Waals surface area contributed by atoms with Gasteiger partial charge in [-0.3, -0.25) is 4.79 Å². The molecule has 3 rings (SSSR count). The van der Waals surface area contributed by atoms with Gasteiger partial charge >= 0.3 is 6.18 Å². The Morgan fingerprint density at radius 1 is 1.09 bits per heavy atom. The van der Waals surface area contributed by atoms with Gasteiger partial charge in [0.05, 0.1) is 5.56 Å². The van der Waals surface area contributed by atoms with Gasteiger partial charge in [0.2, 0.25) is 0 Å². The van der Waals surface area contributed by atoms with E-state index in [1.807, 2.05) is 18.2 Å². The van der Waals surface area contributed by atoms with Gasteiger partial charge in [-0.25, -0.2) is 0 Å². The van der Waals surface area contributed by atoms with Crippen molar-refractivity contribution in [1.29, 1.82) is 0 Å². The van der Waals surface area contributed by atoms with Gasteiger partial charge in [-0.05, 0) is 48.7 Å². The largest absolute Gasteiger partial charge is 0.480 e. The number of benzene rings is 2. The van der Waals surface area contributed by atoms with Crippen LogP contribution < -0.4 is 10.1 Å². The Morgan fingerprint density at radius 3 is 2.48 bits per heavy atom. The molecule has 0 aliphatic carbocycles. The van der Waals surface area contributed by atoms with E-state index in [1.54, 1.807) is 6.07 Å². The van der Waals surface area contributed by atoms with Gasteiger partial charge in [0, 0.05) is 5.69 Å². The fraction of sp³-hybridized carbons (Fsp3) is 0.235. The maximum absolute atomic E-state index is 12.5. The average molecular weight is 321 g/mol. The van der Waals surface area contributed by atoms with E-state index in [9.17, 15) is 18.0 Å². The standard InChI is InChI=1S/C17H14F3NO2/c18-17(19,20)12-6-8-13(9-7-12)21-16(22)15-10-5-11-3-1-2-4-14(11)23-15/h1-4,6-9,15H,5,10H2,(H,21,22). The van der Waals surface area contributed by atoms with Crippen molar-refractivity contribution in [2.45, 2.75) is 25.1 Å². The van der Waals surface area contributed by atoms with Crippen LogP contribution in [-0.2, 0) is 17.4 Å². The van der Waals surface area contributed by atoms with E-state index in [0.29, 0.717) is 17.9 Å². The molecule has 2 aromatic carbocycles. The summed E-state index contributed by atoms with van der Waals surface area (Å²) in [5.74, 6) is 0.311. The van der Waals surface area contributed by atoms with Crippen molar-refractivity contribution in [2.75, 3.05) is 5.32 Å². The number of nitrogens with one attached hydrogen (secondary N) is 1. The van der Waals surface area contributed by atoms with Crippen LogP contribution in [0, 0.1) is 0 Å². The number of anilines is 1. The SMILES string of the molecule is O=C(Nc1ccc(C(F)(F)F)cc1)C1CCc2ccccc2O1. The van der Waals surface area contributed by atoms with E-state index in [-0.39, 0.29) is 5.91 Å². The van der Waals surface area contributed by atoms with Gasteiger partial charge in [0.25, 0.3) is 5.91 Å². The summed E-state index contributed by atoms with van der Waals surface area (Å²) < 4.78 is 43.2. The van der Waals surface area contributed by atoms with Crippen molar-refractivity contribution >= 4 is 11.6 Å². The molecule has 23 heavy (non-hydrogen) atoms. The van der Waals surface area contributed by atoms with E-state index in [2.05, 4.69) is 5.32 Å². The Morgan fingerprint density at radius 2 is 1.78 bits per heavy atom. The third kappa shape index (κ3) is 3.47. The Kier molecular flexibility index (Phi) is 3.98. The summed E-state index contributed by atoms with van der Waals surface area (Å²) in [6, 6.07) is 11.8. The molecule has 1 heterocycles. The van der Waals surface area contributed by atoms with Crippen LogP contribution in [0.1, 0.15) is 17.5 Å². The number of aryl methyl sites for hydroxylation is 1. The van der Waals surface area contributed by atoms with Crippen molar-refractivity contribution < 1.29 is 22.7 Å². The zero-order valence-electron chi connectivity index (χ0n) is 12.1. The lowest BCUT2D eigenvalue weighted by Gasteiger charge is -2.25.